The third-order valence-corrected chi connectivity index (χ3v) is 8.57. The summed E-state index contributed by atoms with van der Waals surface area (Å²) in [4.78, 5) is 29.9. The Bertz CT molecular complexity index is 1140. The van der Waals surface area contributed by atoms with E-state index < -0.39 is 21.7 Å². The van der Waals surface area contributed by atoms with Crippen molar-refractivity contribution in [3.8, 4) is 0 Å². The van der Waals surface area contributed by atoms with Crippen LogP contribution in [0, 0.1) is 0 Å². The van der Waals surface area contributed by atoms with Crippen LogP contribution >= 0.6 is 11.3 Å². The van der Waals surface area contributed by atoms with Crippen molar-refractivity contribution in [3.63, 3.8) is 0 Å². The van der Waals surface area contributed by atoms with Crippen LogP contribution in [0.3, 0.4) is 0 Å². The molecule has 2 aliphatic heterocycles. The molecule has 2 amide bonds. The number of thiophene rings is 1. The monoisotopic (exact) mass is 491 g/mol. The van der Waals surface area contributed by atoms with E-state index in [1.54, 1.807) is 33.3 Å². The molecular weight excluding hydrogens is 462 g/mol. The second kappa shape index (κ2) is 9.08. The Hall–Kier alpha value is -2.43. The van der Waals surface area contributed by atoms with Gasteiger partial charge in [0.15, 0.2) is 0 Å². The van der Waals surface area contributed by atoms with E-state index in [2.05, 4.69) is 0 Å². The molecule has 2 aliphatic rings. The molecule has 1 fully saturated rings. The molecule has 1 aromatic carbocycles. The number of benzene rings is 1. The fraction of sp³-hybridized carbons (Fsp3) is 0.478. The van der Waals surface area contributed by atoms with E-state index in [9.17, 15) is 18.0 Å². The average molecular weight is 492 g/mol. The Kier molecular flexibility index (Phi) is 6.52. The third kappa shape index (κ3) is 5.23. The minimum atomic E-state index is -3.71. The number of hydrogen-bond acceptors (Lipinski definition) is 6. The lowest BCUT2D eigenvalue weighted by molar-refractivity contribution is 0.0141. The predicted octanol–water partition coefficient (Wildman–Crippen LogP) is 3.19. The van der Waals surface area contributed by atoms with E-state index in [-0.39, 0.29) is 10.8 Å². The lowest BCUT2D eigenvalue weighted by Crippen LogP contribution is -2.51. The van der Waals surface area contributed by atoms with Crippen LogP contribution in [0.15, 0.2) is 40.6 Å². The molecule has 0 spiro atoms. The molecule has 0 bridgehead atoms. The van der Waals surface area contributed by atoms with Crippen molar-refractivity contribution in [3.05, 3.63) is 51.7 Å². The zero-order chi connectivity index (χ0) is 23.8. The van der Waals surface area contributed by atoms with Crippen LogP contribution in [0.4, 0.5) is 4.79 Å². The smallest absolute Gasteiger partial charge is 0.410 e. The maximum atomic E-state index is 13.2. The van der Waals surface area contributed by atoms with E-state index in [1.807, 2.05) is 32.2 Å². The first-order chi connectivity index (χ1) is 15.5. The minimum Gasteiger partial charge on any atom is -0.444 e. The van der Waals surface area contributed by atoms with Crippen molar-refractivity contribution in [2.75, 3.05) is 32.7 Å². The van der Waals surface area contributed by atoms with Gasteiger partial charge in [0, 0.05) is 49.7 Å². The molecule has 178 valence electrons. The van der Waals surface area contributed by atoms with Crippen LogP contribution in [0.25, 0.3) is 0 Å². The van der Waals surface area contributed by atoms with Gasteiger partial charge in [0.25, 0.3) is 5.91 Å². The van der Waals surface area contributed by atoms with Crippen molar-refractivity contribution in [1.29, 1.82) is 0 Å². The fourth-order valence-corrected chi connectivity index (χ4v) is 6.32. The molecule has 33 heavy (non-hydrogen) atoms. The molecule has 8 nitrogen and oxygen atoms in total. The van der Waals surface area contributed by atoms with Gasteiger partial charge in [-0.05, 0) is 62.4 Å². The highest BCUT2D eigenvalue weighted by atomic mass is 32.2. The zero-order valence-corrected chi connectivity index (χ0v) is 20.7. The molecule has 0 saturated carbocycles. The van der Waals surface area contributed by atoms with Crippen LogP contribution < -0.4 is 0 Å². The van der Waals surface area contributed by atoms with Crippen molar-refractivity contribution in [2.24, 2.45) is 0 Å². The number of nitrogens with zero attached hydrogens (tertiary/aromatic N) is 3. The lowest BCUT2D eigenvalue weighted by Gasteiger charge is -2.35. The SMILES string of the molecule is CC(C)(C)OC(=O)N1CCN(C(=O)c2cccc(S(=O)(=O)N3CCc4sccc4C3)c2)CC1. The summed E-state index contributed by atoms with van der Waals surface area (Å²) >= 11 is 1.66. The molecule has 10 heteroatoms. The quantitative estimate of drug-likeness (QED) is 0.658. The first-order valence-corrected chi connectivity index (χ1v) is 13.3. The van der Waals surface area contributed by atoms with Crippen LogP contribution in [-0.2, 0) is 27.7 Å². The summed E-state index contributed by atoms with van der Waals surface area (Å²) in [5.74, 6) is -0.241. The molecule has 0 atom stereocenters. The van der Waals surface area contributed by atoms with Gasteiger partial charge < -0.3 is 14.5 Å². The Labute approximate surface area is 198 Å². The number of hydrogen-bond donors (Lipinski definition) is 0. The largest absolute Gasteiger partial charge is 0.444 e. The standard InChI is InChI=1S/C23H29N3O5S2/c1-23(2,3)31-22(28)25-12-10-24(11-13-25)21(27)17-5-4-6-19(15-17)33(29,30)26-9-7-20-18(16-26)8-14-32-20/h4-6,8,14-15H,7,9-13,16H2,1-3H3. The minimum absolute atomic E-state index is 0.124. The number of amides is 2. The summed E-state index contributed by atoms with van der Waals surface area (Å²) in [6.07, 6.45) is 0.310. The number of rotatable bonds is 3. The van der Waals surface area contributed by atoms with Crippen molar-refractivity contribution in [1.82, 2.24) is 14.1 Å². The van der Waals surface area contributed by atoms with E-state index in [1.165, 1.54) is 21.3 Å². The normalized spacial score (nSPS) is 17.5. The molecule has 0 radical (unpaired) electrons. The maximum absolute atomic E-state index is 13.2. The molecule has 1 aromatic heterocycles. The predicted molar refractivity (Wildman–Crippen MR) is 126 cm³/mol. The Balaban J connectivity index is 1.43. The zero-order valence-electron chi connectivity index (χ0n) is 19.1. The molecular formula is C23H29N3O5S2. The number of sulfonamides is 1. The van der Waals surface area contributed by atoms with Crippen LogP contribution in [0.2, 0.25) is 0 Å². The second-order valence-corrected chi connectivity index (χ2v) is 12.2. The van der Waals surface area contributed by atoms with Gasteiger partial charge in [-0.15, -0.1) is 11.3 Å². The number of piperazine rings is 1. The van der Waals surface area contributed by atoms with Crippen LogP contribution in [-0.4, -0.2) is 72.8 Å². The summed E-state index contributed by atoms with van der Waals surface area (Å²) in [6, 6.07) is 8.21. The Morgan fingerprint density at radius 1 is 1.00 bits per heavy atom. The van der Waals surface area contributed by atoms with E-state index in [4.69, 9.17) is 4.74 Å². The first-order valence-electron chi connectivity index (χ1n) is 11.0. The van der Waals surface area contributed by atoms with Gasteiger partial charge in [0.1, 0.15) is 5.60 Å². The van der Waals surface area contributed by atoms with Crippen molar-refractivity contribution < 1.29 is 22.7 Å². The maximum Gasteiger partial charge on any atom is 0.410 e. The second-order valence-electron chi connectivity index (χ2n) is 9.25. The fourth-order valence-electron chi connectivity index (χ4n) is 3.97. The van der Waals surface area contributed by atoms with E-state index in [0.29, 0.717) is 51.3 Å². The van der Waals surface area contributed by atoms with Gasteiger partial charge in [-0.3, -0.25) is 4.79 Å². The van der Waals surface area contributed by atoms with Gasteiger partial charge in [-0.25, -0.2) is 13.2 Å². The Morgan fingerprint density at radius 3 is 2.39 bits per heavy atom. The molecule has 1 saturated heterocycles. The van der Waals surface area contributed by atoms with Gasteiger partial charge in [-0.2, -0.15) is 4.31 Å². The Morgan fingerprint density at radius 2 is 1.70 bits per heavy atom. The van der Waals surface area contributed by atoms with E-state index in [0.717, 1.165) is 5.56 Å². The average Bonchev–Trinajstić information content (AvgIpc) is 3.25. The van der Waals surface area contributed by atoms with Gasteiger partial charge in [0.2, 0.25) is 10.0 Å². The molecule has 3 heterocycles. The molecule has 0 N–H and O–H groups in total. The molecule has 2 aromatic rings. The summed E-state index contributed by atoms with van der Waals surface area (Å²) < 4.78 is 33.4. The highest BCUT2D eigenvalue weighted by Gasteiger charge is 2.31. The van der Waals surface area contributed by atoms with Gasteiger partial charge in [0.05, 0.1) is 4.90 Å². The van der Waals surface area contributed by atoms with Gasteiger partial charge in [-0.1, -0.05) is 6.07 Å². The highest BCUT2D eigenvalue weighted by molar-refractivity contribution is 7.89. The number of carbonyl (C=O) groups is 2. The summed E-state index contributed by atoms with van der Waals surface area (Å²) in [7, 11) is -3.71. The number of carbonyl (C=O) groups excluding carboxylic acids is 2. The summed E-state index contributed by atoms with van der Waals surface area (Å²) in [5.41, 5.74) is 0.801. The molecule has 4 rings (SSSR count). The topological polar surface area (TPSA) is 87.2 Å². The molecule has 0 unspecified atom stereocenters. The molecule has 0 aliphatic carbocycles. The highest BCUT2D eigenvalue weighted by Crippen LogP contribution is 2.28. The first kappa shape index (κ1) is 23.7. The van der Waals surface area contributed by atoms with Crippen molar-refractivity contribution in [2.45, 2.75) is 44.2 Å². The number of ether oxygens (including phenoxy) is 1. The van der Waals surface area contributed by atoms with Gasteiger partial charge >= 0.3 is 6.09 Å². The number of fused-ring (bicyclic) bond motifs is 1. The van der Waals surface area contributed by atoms with Crippen LogP contribution in [0.5, 0.6) is 0 Å². The van der Waals surface area contributed by atoms with E-state index >= 15 is 0 Å². The lowest BCUT2D eigenvalue weighted by atomic mass is 10.1. The van der Waals surface area contributed by atoms with Crippen LogP contribution in [0.1, 0.15) is 41.6 Å². The summed E-state index contributed by atoms with van der Waals surface area (Å²) in [5, 5.41) is 1.99. The third-order valence-electron chi connectivity index (χ3n) is 5.71. The van der Waals surface area contributed by atoms with Crippen molar-refractivity contribution >= 4 is 33.4 Å². The summed E-state index contributed by atoms with van der Waals surface area (Å²) in [6.45, 7) is 7.69.